The van der Waals surface area contributed by atoms with E-state index >= 15 is 0 Å². The number of aryl methyl sites for hydroxylation is 3. The molecule has 0 aliphatic carbocycles. The van der Waals surface area contributed by atoms with Crippen molar-refractivity contribution in [1.82, 2.24) is 14.9 Å². The minimum atomic E-state index is -0.110. The SMILES string of the molecule is CCOCCn1c(CCCNC(=O)COc2cc(C)ccc2C)nc2ccccc21. The van der Waals surface area contributed by atoms with Crippen molar-refractivity contribution in [2.75, 3.05) is 26.4 Å². The van der Waals surface area contributed by atoms with Crippen LogP contribution in [0.3, 0.4) is 0 Å². The van der Waals surface area contributed by atoms with Crippen molar-refractivity contribution in [1.29, 1.82) is 0 Å². The predicted molar refractivity (Wildman–Crippen MR) is 119 cm³/mol. The fourth-order valence-electron chi connectivity index (χ4n) is 3.40. The molecule has 0 spiro atoms. The molecule has 0 aliphatic rings. The summed E-state index contributed by atoms with van der Waals surface area (Å²) in [5.41, 5.74) is 4.26. The Bertz CT molecular complexity index is 981. The number of ether oxygens (including phenoxy) is 2. The molecule has 1 N–H and O–H groups in total. The van der Waals surface area contributed by atoms with Crippen LogP contribution >= 0.6 is 0 Å². The first-order valence-corrected chi connectivity index (χ1v) is 10.6. The van der Waals surface area contributed by atoms with E-state index in [2.05, 4.69) is 16.0 Å². The maximum atomic E-state index is 12.1. The maximum absolute atomic E-state index is 12.1. The molecule has 6 heteroatoms. The summed E-state index contributed by atoms with van der Waals surface area (Å²) in [5, 5.41) is 2.94. The zero-order valence-electron chi connectivity index (χ0n) is 18.1. The summed E-state index contributed by atoms with van der Waals surface area (Å²) in [5.74, 6) is 1.67. The number of hydrogen-bond donors (Lipinski definition) is 1. The average molecular weight is 410 g/mol. The van der Waals surface area contributed by atoms with Gasteiger partial charge in [0.05, 0.1) is 17.6 Å². The molecule has 0 radical (unpaired) electrons. The van der Waals surface area contributed by atoms with Crippen molar-refractivity contribution >= 4 is 16.9 Å². The zero-order valence-corrected chi connectivity index (χ0v) is 18.1. The van der Waals surface area contributed by atoms with Gasteiger partial charge in [0.25, 0.3) is 5.91 Å². The minimum absolute atomic E-state index is 0.0250. The third kappa shape index (κ3) is 5.83. The van der Waals surface area contributed by atoms with E-state index in [-0.39, 0.29) is 12.5 Å². The minimum Gasteiger partial charge on any atom is -0.483 e. The van der Waals surface area contributed by atoms with Crippen LogP contribution in [0.4, 0.5) is 0 Å². The quantitative estimate of drug-likeness (QED) is 0.489. The Morgan fingerprint density at radius 2 is 2.00 bits per heavy atom. The molecule has 0 saturated heterocycles. The van der Waals surface area contributed by atoms with Gasteiger partial charge in [-0.15, -0.1) is 0 Å². The number of benzene rings is 2. The second-order valence-corrected chi connectivity index (χ2v) is 7.38. The number of carbonyl (C=O) groups is 1. The smallest absolute Gasteiger partial charge is 0.257 e. The van der Waals surface area contributed by atoms with Crippen LogP contribution in [-0.2, 0) is 22.5 Å². The molecule has 0 aliphatic heterocycles. The lowest BCUT2D eigenvalue weighted by atomic mass is 10.1. The molecule has 1 heterocycles. The van der Waals surface area contributed by atoms with Crippen molar-refractivity contribution in [3.8, 4) is 5.75 Å². The Hall–Kier alpha value is -2.86. The van der Waals surface area contributed by atoms with Crippen LogP contribution < -0.4 is 10.1 Å². The van der Waals surface area contributed by atoms with Gasteiger partial charge >= 0.3 is 0 Å². The molecule has 160 valence electrons. The molecule has 3 aromatic rings. The van der Waals surface area contributed by atoms with Gasteiger partial charge in [0, 0.05) is 26.1 Å². The van der Waals surface area contributed by atoms with Gasteiger partial charge in [0.2, 0.25) is 0 Å². The van der Waals surface area contributed by atoms with E-state index in [1.807, 2.05) is 57.2 Å². The third-order valence-corrected chi connectivity index (χ3v) is 5.00. The Morgan fingerprint density at radius 3 is 2.83 bits per heavy atom. The molecule has 2 aromatic carbocycles. The lowest BCUT2D eigenvalue weighted by Crippen LogP contribution is -2.30. The number of nitrogens with zero attached hydrogens (tertiary/aromatic N) is 2. The standard InChI is InChI=1S/C24H31N3O3/c1-4-29-15-14-27-21-9-6-5-8-20(21)26-23(27)10-7-13-25-24(28)17-30-22-16-18(2)11-12-19(22)3/h5-6,8-9,11-12,16H,4,7,10,13-15,17H2,1-3H3,(H,25,28). The van der Waals surface area contributed by atoms with E-state index in [0.717, 1.165) is 53.1 Å². The highest BCUT2D eigenvalue weighted by Crippen LogP contribution is 2.19. The molecule has 0 fully saturated rings. The lowest BCUT2D eigenvalue weighted by Gasteiger charge is -2.11. The number of amides is 1. The van der Waals surface area contributed by atoms with Gasteiger partial charge in [-0.3, -0.25) is 4.79 Å². The zero-order chi connectivity index (χ0) is 21.3. The van der Waals surface area contributed by atoms with Crippen molar-refractivity contribution in [3.05, 3.63) is 59.4 Å². The van der Waals surface area contributed by atoms with E-state index in [9.17, 15) is 4.79 Å². The highest BCUT2D eigenvalue weighted by atomic mass is 16.5. The summed E-state index contributed by atoms with van der Waals surface area (Å²) < 4.78 is 13.4. The number of nitrogens with one attached hydrogen (secondary N) is 1. The topological polar surface area (TPSA) is 65.4 Å². The number of para-hydroxylation sites is 2. The summed E-state index contributed by atoms with van der Waals surface area (Å²) in [6.07, 6.45) is 1.60. The predicted octanol–water partition coefficient (Wildman–Crippen LogP) is 3.82. The van der Waals surface area contributed by atoms with E-state index in [4.69, 9.17) is 14.5 Å². The Kier molecular flexibility index (Phi) is 7.85. The van der Waals surface area contributed by atoms with Crippen LogP contribution in [0.2, 0.25) is 0 Å². The largest absolute Gasteiger partial charge is 0.483 e. The van der Waals surface area contributed by atoms with Gasteiger partial charge in [0.15, 0.2) is 6.61 Å². The normalized spacial score (nSPS) is 11.0. The van der Waals surface area contributed by atoms with Gasteiger partial charge < -0.3 is 19.4 Å². The van der Waals surface area contributed by atoms with E-state index < -0.39 is 0 Å². The molecule has 0 saturated carbocycles. The highest BCUT2D eigenvalue weighted by molar-refractivity contribution is 5.77. The number of rotatable bonds is 11. The van der Waals surface area contributed by atoms with Crippen LogP contribution in [0.5, 0.6) is 5.75 Å². The molecule has 30 heavy (non-hydrogen) atoms. The summed E-state index contributed by atoms with van der Waals surface area (Å²) >= 11 is 0. The Balaban J connectivity index is 1.49. The second-order valence-electron chi connectivity index (χ2n) is 7.38. The van der Waals surface area contributed by atoms with Gasteiger partial charge in [-0.05, 0) is 56.5 Å². The summed E-state index contributed by atoms with van der Waals surface area (Å²) in [4.78, 5) is 16.9. The summed E-state index contributed by atoms with van der Waals surface area (Å²) in [7, 11) is 0. The first-order valence-electron chi connectivity index (χ1n) is 10.6. The molecular formula is C24H31N3O3. The van der Waals surface area contributed by atoms with Crippen molar-refractivity contribution in [2.24, 2.45) is 0 Å². The van der Waals surface area contributed by atoms with E-state index in [1.165, 1.54) is 0 Å². The van der Waals surface area contributed by atoms with Crippen molar-refractivity contribution in [2.45, 2.75) is 40.2 Å². The molecule has 3 rings (SSSR count). The van der Waals surface area contributed by atoms with Crippen LogP contribution in [0.25, 0.3) is 11.0 Å². The molecular weight excluding hydrogens is 378 g/mol. The summed E-state index contributed by atoms with van der Waals surface area (Å²) in [6.45, 7) is 8.74. The molecule has 0 bridgehead atoms. The maximum Gasteiger partial charge on any atom is 0.257 e. The van der Waals surface area contributed by atoms with Gasteiger partial charge in [-0.25, -0.2) is 4.98 Å². The number of hydrogen-bond acceptors (Lipinski definition) is 4. The molecule has 1 amide bonds. The van der Waals surface area contributed by atoms with Crippen LogP contribution in [0, 0.1) is 13.8 Å². The van der Waals surface area contributed by atoms with Crippen molar-refractivity contribution in [3.63, 3.8) is 0 Å². The summed E-state index contributed by atoms with van der Waals surface area (Å²) in [6, 6.07) is 14.1. The van der Waals surface area contributed by atoms with Crippen LogP contribution in [0.15, 0.2) is 42.5 Å². The monoisotopic (exact) mass is 409 g/mol. The first kappa shape index (κ1) is 21.8. The molecule has 1 aromatic heterocycles. The van der Waals surface area contributed by atoms with Gasteiger partial charge in [-0.1, -0.05) is 24.3 Å². The van der Waals surface area contributed by atoms with Gasteiger partial charge in [-0.2, -0.15) is 0 Å². The Morgan fingerprint density at radius 1 is 1.17 bits per heavy atom. The van der Waals surface area contributed by atoms with E-state index in [0.29, 0.717) is 19.8 Å². The molecule has 6 nitrogen and oxygen atoms in total. The number of fused-ring (bicyclic) bond motifs is 1. The highest BCUT2D eigenvalue weighted by Gasteiger charge is 2.11. The van der Waals surface area contributed by atoms with Crippen molar-refractivity contribution < 1.29 is 14.3 Å². The second kappa shape index (κ2) is 10.8. The van der Waals surface area contributed by atoms with E-state index in [1.54, 1.807) is 0 Å². The third-order valence-electron chi connectivity index (χ3n) is 5.00. The molecule has 0 atom stereocenters. The fraction of sp³-hybridized carbons (Fsp3) is 0.417. The lowest BCUT2D eigenvalue weighted by molar-refractivity contribution is -0.123. The number of aromatic nitrogens is 2. The Labute approximate surface area is 178 Å². The number of imidazole rings is 1. The van der Waals surface area contributed by atoms with Crippen LogP contribution in [0.1, 0.15) is 30.3 Å². The number of carbonyl (C=O) groups excluding carboxylic acids is 1. The molecule has 0 unspecified atom stereocenters. The first-order chi connectivity index (χ1) is 14.6. The van der Waals surface area contributed by atoms with Crippen LogP contribution in [-0.4, -0.2) is 41.8 Å². The van der Waals surface area contributed by atoms with Gasteiger partial charge in [0.1, 0.15) is 11.6 Å². The fourth-order valence-corrected chi connectivity index (χ4v) is 3.40. The average Bonchev–Trinajstić information content (AvgIpc) is 3.09.